The SMILES string of the molecule is CN(CC1CCC1)c1nc2sccn2c1C=CC(=O)O. The summed E-state index contributed by atoms with van der Waals surface area (Å²) in [6.07, 6.45) is 8.61. The van der Waals surface area contributed by atoms with Crippen molar-refractivity contribution in [3.05, 3.63) is 23.3 Å². The van der Waals surface area contributed by atoms with Gasteiger partial charge in [0.05, 0.1) is 5.69 Å². The van der Waals surface area contributed by atoms with Crippen molar-refractivity contribution in [2.75, 3.05) is 18.5 Å². The van der Waals surface area contributed by atoms with Gasteiger partial charge in [0.2, 0.25) is 0 Å². The lowest BCUT2D eigenvalue weighted by atomic mass is 9.85. The summed E-state index contributed by atoms with van der Waals surface area (Å²) < 4.78 is 1.94. The second kappa shape index (κ2) is 5.28. The second-order valence-corrected chi connectivity index (χ2v) is 6.10. The fourth-order valence-corrected chi connectivity index (χ4v) is 3.24. The molecule has 1 saturated carbocycles. The van der Waals surface area contributed by atoms with E-state index in [9.17, 15) is 4.79 Å². The van der Waals surface area contributed by atoms with Crippen LogP contribution in [0.4, 0.5) is 5.82 Å². The van der Waals surface area contributed by atoms with Gasteiger partial charge in [-0.05, 0) is 24.8 Å². The van der Waals surface area contributed by atoms with Crippen molar-refractivity contribution in [1.29, 1.82) is 0 Å². The highest BCUT2D eigenvalue weighted by molar-refractivity contribution is 7.15. The molecule has 0 amide bonds. The maximum atomic E-state index is 10.8. The minimum absolute atomic E-state index is 0.746. The summed E-state index contributed by atoms with van der Waals surface area (Å²) in [4.78, 5) is 18.4. The highest BCUT2D eigenvalue weighted by Gasteiger charge is 2.22. The molecule has 0 aromatic carbocycles. The van der Waals surface area contributed by atoms with Gasteiger partial charge < -0.3 is 10.0 Å². The molecule has 0 unspecified atom stereocenters. The van der Waals surface area contributed by atoms with Gasteiger partial charge in [0.25, 0.3) is 0 Å². The highest BCUT2D eigenvalue weighted by Crippen LogP contribution is 2.30. The van der Waals surface area contributed by atoms with Crippen LogP contribution in [0.1, 0.15) is 25.0 Å². The Hall–Kier alpha value is -1.82. The zero-order valence-corrected chi connectivity index (χ0v) is 12.1. The standard InChI is InChI=1S/C14H17N3O2S/c1-16(9-10-3-2-4-10)13-11(5-6-12(18)19)17-7-8-20-14(17)15-13/h5-8,10H,2-4,9H2,1H3,(H,18,19). The summed E-state index contributed by atoms with van der Waals surface area (Å²) in [5, 5.41) is 10.8. The topological polar surface area (TPSA) is 57.8 Å². The molecule has 2 heterocycles. The molecule has 1 aliphatic rings. The molecule has 0 aliphatic heterocycles. The summed E-state index contributed by atoms with van der Waals surface area (Å²) in [6.45, 7) is 0.985. The zero-order valence-electron chi connectivity index (χ0n) is 11.3. The predicted molar refractivity (Wildman–Crippen MR) is 80.3 cm³/mol. The van der Waals surface area contributed by atoms with E-state index in [2.05, 4.69) is 9.88 Å². The number of carboxylic acids is 1. The van der Waals surface area contributed by atoms with Crippen molar-refractivity contribution in [3.8, 4) is 0 Å². The first-order chi connectivity index (χ1) is 9.65. The van der Waals surface area contributed by atoms with Crippen LogP contribution in [0.3, 0.4) is 0 Å². The third-order valence-corrected chi connectivity index (χ3v) is 4.54. The highest BCUT2D eigenvalue weighted by atomic mass is 32.1. The van der Waals surface area contributed by atoms with Crippen molar-refractivity contribution in [3.63, 3.8) is 0 Å². The van der Waals surface area contributed by atoms with Gasteiger partial charge >= 0.3 is 5.97 Å². The molecule has 3 rings (SSSR count). The van der Waals surface area contributed by atoms with Gasteiger partial charge in [-0.25, -0.2) is 9.78 Å². The second-order valence-electron chi connectivity index (χ2n) is 5.23. The maximum absolute atomic E-state index is 10.8. The molecule has 1 aliphatic carbocycles. The Kier molecular flexibility index (Phi) is 3.48. The number of rotatable bonds is 5. The first-order valence-corrected chi connectivity index (χ1v) is 7.61. The number of fused-ring (bicyclic) bond motifs is 1. The Morgan fingerprint density at radius 1 is 1.65 bits per heavy atom. The lowest BCUT2D eigenvalue weighted by molar-refractivity contribution is -0.131. The van der Waals surface area contributed by atoms with Crippen LogP contribution < -0.4 is 4.90 Å². The van der Waals surface area contributed by atoms with Crippen molar-refractivity contribution in [1.82, 2.24) is 9.38 Å². The summed E-state index contributed by atoms with van der Waals surface area (Å²) in [5.41, 5.74) is 0.838. The minimum atomic E-state index is -0.942. The molecule has 6 heteroatoms. The van der Waals surface area contributed by atoms with E-state index in [0.717, 1.165) is 28.9 Å². The Morgan fingerprint density at radius 3 is 3.10 bits per heavy atom. The number of carboxylic acid groups (broad SMARTS) is 1. The van der Waals surface area contributed by atoms with E-state index in [0.29, 0.717) is 0 Å². The van der Waals surface area contributed by atoms with Crippen molar-refractivity contribution in [2.45, 2.75) is 19.3 Å². The minimum Gasteiger partial charge on any atom is -0.478 e. The van der Waals surface area contributed by atoms with E-state index in [-0.39, 0.29) is 0 Å². The largest absolute Gasteiger partial charge is 0.478 e. The summed E-state index contributed by atoms with van der Waals surface area (Å²) in [5.74, 6) is 0.667. The molecule has 2 aromatic rings. The Balaban J connectivity index is 1.93. The quantitative estimate of drug-likeness (QED) is 0.861. The molecular weight excluding hydrogens is 274 g/mol. The molecule has 20 heavy (non-hydrogen) atoms. The van der Waals surface area contributed by atoms with Gasteiger partial charge in [-0.2, -0.15) is 0 Å². The maximum Gasteiger partial charge on any atom is 0.328 e. The average molecular weight is 291 g/mol. The number of aromatic nitrogens is 2. The molecule has 2 aromatic heterocycles. The van der Waals surface area contributed by atoms with Crippen LogP contribution in [0.2, 0.25) is 0 Å². The molecule has 0 spiro atoms. The van der Waals surface area contributed by atoms with Gasteiger partial charge in [-0.3, -0.25) is 4.40 Å². The molecule has 1 N–H and O–H groups in total. The number of carbonyl (C=O) groups is 1. The smallest absolute Gasteiger partial charge is 0.328 e. The zero-order chi connectivity index (χ0) is 14.1. The van der Waals surface area contributed by atoms with Gasteiger partial charge in [0.15, 0.2) is 10.8 Å². The Morgan fingerprint density at radius 2 is 2.45 bits per heavy atom. The molecule has 106 valence electrons. The van der Waals surface area contributed by atoms with E-state index >= 15 is 0 Å². The Bertz CT molecular complexity index is 654. The fraction of sp³-hybridized carbons (Fsp3) is 0.429. The van der Waals surface area contributed by atoms with Crippen molar-refractivity contribution >= 4 is 34.2 Å². The predicted octanol–water partition coefficient (Wildman–Crippen LogP) is 2.73. The van der Waals surface area contributed by atoms with Crippen LogP contribution in [0.25, 0.3) is 11.0 Å². The van der Waals surface area contributed by atoms with E-state index < -0.39 is 5.97 Å². The molecule has 0 atom stereocenters. The van der Waals surface area contributed by atoms with E-state index in [4.69, 9.17) is 5.11 Å². The molecule has 1 fully saturated rings. The van der Waals surface area contributed by atoms with E-state index in [1.807, 2.05) is 23.0 Å². The summed E-state index contributed by atoms with van der Waals surface area (Å²) in [7, 11) is 2.03. The van der Waals surface area contributed by atoms with Crippen LogP contribution in [-0.4, -0.2) is 34.1 Å². The van der Waals surface area contributed by atoms with Crippen molar-refractivity contribution in [2.24, 2.45) is 5.92 Å². The lowest BCUT2D eigenvalue weighted by Gasteiger charge is -2.30. The number of hydrogen-bond donors (Lipinski definition) is 1. The Labute approximate surface area is 121 Å². The van der Waals surface area contributed by atoms with Crippen LogP contribution >= 0.6 is 11.3 Å². The average Bonchev–Trinajstić information content (AvgIpc) is 2.91. The van der Waals surface area contributed by atoms with Crippen LogP contribution in [-0.2, 0) is 4.79 Å². The van der Waals surface area contributed by atoms with E-state index in [1.165, 1.54) is 25.3 Å². The number of hydrogen-bond acceptors (Lipinski definition) is 4. The number of thiazole rings is 1. The molecule has 0 saturated heterocycles. The monoisotopic (exact) mass is 291 g/mol. The molecule has 0 bridgehead atoms. The molecule has 0 radical (unpaired) electrons. The van der Waals surface area contributed by atoms with Gasteiger partial charge in [0.1, 0.15) is 0 Å². The number of nitrogens with zero attached hydrogens (tertiary/aromatic N) is 3. The third kappa shape index (κ3) is 2.43. The van der Waals surface area contributed by atoms with Crippen LogP contribution in [0, 0.1) is 5.92 Å². The number of imidazole rings is 1. The molecular formula is C14H17N3O2S. The number of anilines is 1. The number of aliphatic carboxylic acids is 1. The van der Waals surface area contributed by atoms with Gasteiger partial charge in [0, 0.05) is 31.2 Å². The first-order valence-electron chi connectivity index (χ1n) is 6.73. The summed E-state index contributed by atoms with van der Waals surface area (Å²) >= 11 is 1.56. The van der Waals surface area contributed by atoms with Gasteiger partial charge in [-0.15, -0.1) is 11.3 Å². The van der Waals surface area contributed by atoms with E-state index in [1.54, 1.807) is 17.4 Å². The van der Waals surface area contributed by atoms with Crippen molar-refractivity contribution < 1.29 is 9.90 Å². The first kappa shape index (κ1) is 13.2. The van der Waals surface area contributed by atoms with Gasteiger partial charge in [-0.1, -0.05) is 6.42 Å². The van der Waals surface area contributed by atoms with Crippen LogP contribution in [0.5, 0.6) is 0 Å². The third-order valence-electron chi connectivity index (χ3n) is 3.78. The van der Waals surface area contributed by atoms with Crippen LogP contribution in [0.15, 0.2) is 17.7 Å². The molecule has 5 nitrogen and oxygen atoms in total. The lowest BCUT2D eigenvalue weighted by Crippen LogP contribution is -2.29. The summed E-state index contributed by atoms with van der Waals surface area (Å²) in [6, 6.07) is 0. The normalized spacial score (nSPS) is 15.8. The fourth-order valence-electron chi connectivity index (χ4n) is 2.53.